The highest BCUT2D eigenvalue weighted by Crippen LogP contribution is 2.12. The Kier molecular flexibility index (Phi) is 4.22. The maximum atomic E-state index is 11.0. The fourth-order valence-electron chi connectivity index (χ4n) is 1.18. The standard InChI is InChI=1S/C10H16N2OS/c1-4-12(5-2)6-10-11-9(7-14-10)8(3)13/h7H,4-6H2,1-3H3. The van der Waals surface area contributed by atoms with Gasteiger partial charge in [0.25, 0.3) is 0 Å². The van der Waals surface area contributed by atoms with E-state index in [2.05, 4.69) is 23.7 Å². The van der Waals surface area contributed by atoms with E-state index in [0.717, 1.165) is 24.6 Å². The Morgan fingerprint density at radius 2 is 2.14 bits per heavy atom. The molecule has 0 aliphatic rings. The van der Waals surface area contributed by atoms with Crippen molar-refractivity contribution in [2.24, 2.45) is 0 Å². The summed E-state index contributed by atoms with van der Waals surface area (Å²) < 4.78 is 0. The molecule has 0 bridgehead atoms. The molecule has 1 rings (SSSR count). The smallest absolute Gasteiger partial charge is 0.178 e. The highest BCUT2D eigenvalue weighted by atomic mass is 32.1. The SMILES string of the molecule is CCN(CC)Cc1nc(C(C)=O)cs1. The van der Waals surface area contributed by atoms with Crippen molar-refractivity contribution in [2.45, 2.75) is 27.3 Å². The Hall–Kier alpha value is -0.740. The lowest BCUT2D eigenvalue weighted by atomic mass is 10.3. The number of carbonyl (C=O) groups excluding carboxylic acids is 1. The van der Waals surface area contributed by atoms with E-state index in [0.29, 0.717) is 5.69 Å². The molecule has 0 aliphatic heterocycles. The summed E-state index contributed by atoms with van der Waals surface area (Å²) in [6.07, 6.45) is 0. The average molecular weight is 212 g/mol. The van der Waals surface area contributed by atoms with Gasteiger partial charge in [0, 0.05) is 12.3 Å². The zero-order valence-corrected chi connectivity index (χ0v) is 9.73. The maximum absolute atomic E-state index is 11.0. The fourth-order valence-corrected chi connectivity index (χ4v) is 2.06. The third-order valence-electron chi connectivity index (χ3n) is 2.17. The molecule has 0 aromatic carbocycles. The first-order chi connectivity index (χ1) is 6.67. The quantitative estimate of drug-likeness (QED) is 0.701. The highest BCUT2D eigenvalue weighted by molar-refractivity contribution is 7.09. The highest BCUT2D eigenvalue weighted by Gasteiger charge is 2.08. The van der Waals surface area contributed by atoms with Gasteiger partial charge in [0.2, 0.25) is 0 Å². The molecular formula is C10H16N2OS. The summed E-state index contributed by atoms with van der Waals surface area (Å²) >= 11 is 1.56. The van der Waals surface area contributed by atoms with Crippen LogP contribution in [0.25, 0.3) is 0 Å². The van der Waals surface area contributed by atoms with E-state index in [4.69, 9.17) is 0 Å². The van der Waals surface area contributed by atoms with Crippen LogP contribution in [-0.2, 0) is 6.54 Å². The number of hydrogen-bond acceptors (Lipinski definition) is 4. The van der Waals surface area contributed by atoms with Crippen LogP contribution in [-0.4, -0.2) is 28.8 Å². The second kappa shape index (κ2) is 5.22. The van der Waals surface area contributed by atoms with E-state index in [1.807, 2.05) is 5.38 Å². The van der Waals surface area contributed by atoms with Gasteiger partial charge in [0.1, 0.15) is 10.7 Å². The van der Waals surface area contributed by atoms with E-state index >= 15 is 0 Å². The number of rotatable bonds is 5. The van der Waals surface area contributed by atoms with Crippen LogP contribution < -0.4 is 0 Å². The molecule has 1 heterocycles. The van der Waals surface area contributed by atoms with E-state index in [1.54, 1.807) is 18.3 Å². The summed E-state index contributed by atoms with van der Waals surface area (Å²) in [5.41, 5.74) is 0.595. The normalized spacial score (nSPS) is 10.9. The van der Waals surface area contributed by atoms with Crippen molar-refractivity contribution in [2.75, 3.05) is 13.1 Å². The van der Waals surface area contributed by atoms with Crippen molar-refractivity contribution in [1.29, 1.82) is 0 Å². The Morgan fingerprint density at radius 3 is 2.57 bits per heavy atom. The van der Waals surface area contributed by atoms with Gasteiger partial charge in [-0.3, -0.25) is 9.69 Å². The van der Waals surface area contributed by atoms with Crippen LogP contribution in [0.5, 0.6) is 0 Å². The summed E-state index contributed by atoms with van der Waals surface area (Å²) in [7, 11) is 0. The van der Waals surface area contributed by atoms with Crippen LogP contribution in [0, 0.1) is 0 Å². The van der Waals surface area contributed by atoms with Crippen LogP contribution in [0.2, 0.25) is 0 Å². The zero-order chi connectivity index (χ0) is 10.6. The Morgan fingerprint density at radius 1 is 1.50 bits per heavy atom. The molecule has 0 atom stereocenters. The fraction of sp³-hybridized carbons (Fsp3) is 0.600. The number of ketones is 1. The van der Waals surface area contributed by atoms with Crippen molar-refractivity contribution < 1.29 is 4.79 Å². The minimum absolute atomic E-state index is 0.0482. The molecule has 78 valence electrons. The predicted molar refractivity (Wildman–Crippen MR) is 58.7 cm³/mol. The first-order valence-corrected chi connectivity index (χ1v) is 5.73. The molecule has 3 nitrogen and oxygen atoms in total. The minimum atomic E-state index is 0.0482. The van der Waals surface area contributed by atoms with Crippen LogP contribution in [0.3, 0.4) is 0 Å². The number of hydrogen-bond donors (Lipinski definition) is 0. The molecule has 0 saturated carbocycles. The molecule has 0 N–H and O–H groups in total. The molecule has 0 unspecified atom stereocenters. The summed E-state index contributed by atoms with van der Waals surface area (Å²) in [5, 5.41) is 2.86. The molecule has 0 saturated heterocycles. The van der Waals surface area contributed by atoms with E-state index in [9.17, 15) is 4.79 Å². The zero-order valence-electron chi connectivity index (χ0n) is 8.91. The molecule has 0 amide bonds. The first-order valence-electron chi connectivity index (χ1n) is 4.85. The largest absolute Gasteiger partial charge is 0.297 e. The van der Waals surface area contributed by atoms with Crippen molar-refractivity contribution in [1.82, 2.24) is 9.88 Å². The Balaban J connectivity index is 2.63. The second-order valence-electron chi connectivity index (χ2n) is 3.14. The van der Waals surface area contributed by atoms with Crippen molar-refractivity contribution in [3.63, 3.8) is 0 Å². The van der Waals surface area contributed by atoms with E-state index in [-0.39, 0.29) is 5.78 Å². The van der Waals surface area contributed by atoms with Crippen molar-refractivity contribution in [3.05, 3.63) is 16.1 Å². The lowest BCUT2D eigenvalue weighted by molar-refractivity contribution is 0.101. The molecule has 0 spiro atoms. The Labute approximate surface area is 88.8 Å². The maximum Gasteiger partial charge on any atom is 0.178 e. The molecule has 0 radical (unpaired) electrons. The molecular weight excluding hydrogens is 196 g/mol. The third kappa shape index (κ3) is 2.89. The minimum Gasteiger partial charge on any atom is -0.297 e. The Bertz CT molecular complexity index is 305. The summed E-state index contributed by atoms with van der Waals surface area (Å²) in [6.45, 7) is 8.70. The monoisotopic (exact) mass is 212 g/mol. The van der Waals surface area contributed by atoms with Gasteiger partial charge in [0.05, 0.1) is 6.54 Å². The van der Waals surface area contributed by atoms with Gasteiger partial charge in [-0.1, -0.05) is 13.8 Å². The van der Waals surface area contributed by atoms with Gasteiger partial charge >= 0.3 is 0 Å². The average Bonchev–Trinajstić information content (AvgIpc) is 2.62. The number of Topliss-reactive ketones (excluding diaryl/α,β-unsaturated/α-hetero) is 1. The summed E-state index contributed by atoms with van der Waals surface area (Å²) in [4.78, 5) is 17.6. The van der Waals surface area contributed by atoms with E-state index < -0.39 is 0 Å². The number of carbonyl (C=O) groups is 1. The number of aromatic nitrogens is 1. The second-order valence-corrected chi connectivity index (χ2v) is 4.09. The topological polar surface area (TPSA) is 33.2 Å². The molecule has 4 heteroatoms. The van der Waals surface area contributed by atoms with Gasteiger partial charge in [-0.25, -0.2) is 4.98 Å². The van der Waals surface area contributed by atoms with Crippen molar-refractivity contribution >= 4 is 17.1 Å². The van der Waals surface area contributed by atoms with Gasteiger partial charge in [-0.15, -0.1) is 11.3 Å². The third-order valence-corrected chi connectivity index (χ3v) is 3.00. The van der Waals surface area contributed by atoms with E-state index in [1.165, 1.54) is 0 Å². The van der Waals surface area contributed by atoms with Crippen LogP contribution in [0.15, 0.2) is 5.38 Å². The van der Waals surface area contributed by atoms with Gasteiger partial charge in [-0.05, 0) is 13.1 Å². The molecule has 1 aromatic heterocycles. The molecule has 14 heavy (non-hydrogen) atoms. The lowest BCUT2D eigenvalue weighted by Gasteiger charge is -2.15. The number of nitrogens with zero attached hydrogens (tertiary/aromatic N) is 2. The summed E-state index contributed by atoms with van der Waals surface area (Å²) in [5.74, 6) is 0.0482. The van der Waals surface area contributed by atoms with Crippen molar-refractivity contribution in [3.8, 4) is 0 Å². The van der Waals surface area contributed by atoms with Gasteiger partial charge in [0.15, 0.2) is 5.78 Å². The number of thiazole rings is 1. The molecule has 0 aliphatic carbocycles. The van der Waals surface area contributed by atoms with Gasteiger partial charge < -0.3 is 0 Å². The van der Waals surface area contributed by atoms with Crippen LogP contribution in [0.1, 0.15) is 36.3 Å². The summed E-state index contributed by atoms with van der Waals surface area (Å²) in [6, 6.07) is 0. The van der Waals surface area contributed by atoms with Gasteiger partial charge in [-0.2, -0.15) is 0 Å². The lowest BCUT2D eigenvalue weighted by Crippen LogP contribution is -2.22. The first kappa shape index (κ1) is 11.3. The molecule has 0 fully saturated rings. The van der Waals surface area contributed by atoms with Crippen LogP contribution in [0.4, 0.5) is 0 Å². The van der Waals surface area contributed by atoms with Crippen LogP contribution >= 0.6 is 11.3 Å². The predicted octanol–water partition coefficient (Wildman–Crippen LogP) is 2.19. The molecule has 1 aromatic rings.